The zero-order valence-corrected chi connectivity index (χ0v) is 14.9. The van der Waals surface area contributed by atoms with E-state index in [1.165, 1.54) is 12.1 Å². The van der Waals surface area contributed by atoms with E-state index in [0.717, 1.165) is 23.4 Å². The number of pyridine rings is 1. The van der Waals surface area contributed by atoms with Gasteiger partial charge in [0.25, 0.3) is 0 Å². The maximum atomic E-state index is 14.3. The molecule has 0 radical (unpaired) electrons. The number of aromatic nitrogens is 1. The van der Waals surface area contributed by atoms with Gasteiger partial charge in [0, 0.05) is 29.9 Å². The number of fused-ring (bicyclic) bond motifs is 2. The highest BCUT2D eigenvalue weighted by atomic mass is 19.4. The summed E-state index contributed by atoms with van der Waals surface area (Å²) in [5, 5.41) is 2.55. The molecule has 8 heteroatoms. The standard InChI is InChI=1S/C20H18F4N2O2/c1-10-7-11(5-6-25-10)16-17(15-9-14(21)18(16)28-15)19(27)26-13-4-2-3-12(8-13)20(22,23)24/h2-8,14-18H,9H2,1H3,(H,26,27). The van der Waals surface area contributed by atoms with Crippen molar-refractivity contribution in [2.75, 3.05) is 5.32 Å². The van der Waals surface area contributed by atoms with Gasteiger partial charge >= 0.3 is 6.18 Å². The molecule has 1 aromatic carbocycles. The molecule has 2 aliphatic heterocycles. The first-order valence-corrected chi connectivity index (χ1v) is 8.94. The summed E-state index contributed by atoms with van der Waals surface area (Å²) >= 11 is 0. The minimum atomic E-state index is -4.51. The molecule has 2 bridgehead atoms. The van der Waals surface area contributed by atoms with Gasteiger partial charge in [-0.05, 0) is 42.8 Å². The molecule has 2 saturated heterocycles. The highest BCUT2D eigenvalue weighted by Crippen LogP contribution is 2.50. The Morgan fingerprint density at radius 1 is 1.25 bits per heavy atom. The molecule has 1 N–H and O–H groups in total. The Morgan fingerprint density at radius 2 is 2.04 bits per heavy atom. The number of nitrogens with zero attached hydrogens (tertiary/aromatic N) is 1. The number of carbonyl (C=O) groups is 1. The van der Waals surface area contributed by atoms with Crippen LogP contribution in [0.1, 0.15) is 29.2 Å². The topological polar surface area (TPSA) is 51.2 Å². The Bertz CT molecular complexity index is 902. The molecule has 5 atom stereocenters. The van der Waals surface area contributed by atoms with E-state index in [-0.39, 0.29) is 12.1 Å². The zero-order chi connectivity index (χ0) is 20.1. The van der Waals surface area contributed by atoms with Crippen LogP contribution in [0.5, 0.6) is 0 Å². The van der Waals surface area contributed by atoms with E-state index in [4.69, 9.17) is 4.74 Å². The molecule has 4 rings (SSSR count). The molecule has 0 saturated carbocycles. The van der Waals surface area contributed by atoms with Gasteiger partial charge < -0.3 is 10.1 Å². The zero-order valence-electron chi connectivity index (χ0n) is 14.9. The van der Waals surface area contributed by atoms with Crippen LogP contribution in [0.15, 0.2) is 42.6 Å². The number of ether oxygens (including phenoxy) is 1. The highest BCUT2D eigenvalue weighted by Gasteiger charge is 2.57. The van der Waals surface area contributed by atoms with Crippen LogP contribution in [0.4, 0.5) is 23.2 Å². The maximum absolute atomic E-state index is 14.3. The summed E-state index contributed by atoms with van der Waals surface area (Å²) in [6.45, 7) is 1.79. The number of amides is 1. The minimum absolute atomic E-state index is 0.0454. The van der Waals surface area contributed by atoms with E-state index < -0.39 is 47.9 Å². The van der Waals surface area contributed by atoms with Crippen molar-refractivity contribution in [3.05, 3.63) is 59.4 Å². The SMILES string of the molecule is Cc1cc(C2C3OC(CC3F)C2C(=O)Nc2cccc(C(F)(F)F)c2)ccn1. The monoisotopic (exact) mass is 394 g/mol. The molecule has 0 spiro atoms. The maximum Gasteiger partial charge on any atom is 0.416 e. The Hall–Kier alpha value is -2.48. The molecule has 4 nitrogen and oxygen atoms in total. The summed E-state index contributed by atoms with van der Waals surface area (Å²) in [6.07, 6.45) is -5.35. The summed E-state index contributed by atoms with van der Waals surface area (Å²) in [6, 6.07) is 7.95. The number of hydrogen-bond donors (Lipinski definition) is 1. The molecule has 1 aromatic heterocycles. The number of nitrogens with one attached hydrogen (secondary N) is 1. The van der Waals surface area contributed by atoms with E-state index >= 15 is 0 Å². The smallest absolute Gasteiger partial charge is 0.370 e. The van der Waals surface area contributed by atoms with Crippen LogP contribution in [-0.2, 0) is 15.7 Å². The van der Waals surface area contributed by atoms with Crippen LogP contribution in [0, 0.1) is 12.8 Å². The van der Waals surface area contributed by atoms with E-state index in [1.807, 2.05) is 0 Å². The molecular formula is C20H18F4N2O2. The van der Waals surface area contributed by atoms with Crippen LogP contribution in [0.2, 0.25) is 0 Å². The Kier molecular flexibility index (Phi) is 4.61. The molecule has 1 amide bonds. The van der Waals surface area contributed by atoms with Crippen LogP contribution in [-0.4, -0.2) is 29.3 Å². The molecule has 0 aliphatic carbocycles. The number of benzene rings is 1. The summed E-state index contributed by atoms with van der Waals surface area (Å²) < 4.78 is 58.7. The summed E-state index contributed by atoms with van der Waals surface area (Å²) in [5.74, 6) is -1.67. The second-order valence-electron chi connectivity index (χ2n) is 7.24. The number of anilines is 1. The van der Waals surface area contributed by atoms with Crippen molar-refractivity contribution in [3.8, 4) is 0 Å². The normalized spacial score (nSPS) is 29.1. The van der Waals surface area contributed by atoms with Gasteiger partial charge in [-0.25, -0.2) is 4.39 Å². The lowest BCUT2D eigenvalue weighted by Gasteiger charge is -2.29. The van der Waals surface area contributed by atoms with Crippen molar-refractivity contribution in [1.82, 2.24) is 4.98 Å². The lowest BCUT2D eigenvalue weighted by atomic mass is 9.74. The van der Waals surface area contributed by atoms with Gasteiger partial charge in [-0.3, -0.25) is 9.78 Å². The van der Waals surface area contributed by atoms with E-state index in [0.29, 0.717) is 0 Å². The van der Waals surface area contributed by atoms with E-state index in [2.05, 4.69) is 10.3 Å². The van der Waals surface area contributed by atoms with Gasteiger partial charge in [0.2, 0.25) is 5.91 Å². The van der Waals surface area contributed by atoms with Gasteiger partial charge in [0.1, 0.15) is 6.17 Å². The first kappa shape index (κ1) is 18.9. The molecular weight excluding hydrogens is 376 g/mol. The van der Waals surface area contributed by atoms with Crippen molar-refractivity contribution >= 4 is 11.6 Å². The average molecular weight is 394 g/mol. The Labute approximate surface area is 158 Å². The molecule has 2 aromatic rings. The third kappa shape index (κ3) is 3.37. The predicted octanol–water partition coefficient (Wildman–Crippen LogP) is 4.26. The third-order valence-electron chi connectivity index (χ3n) is 5.35. The Morgan fingerprint density at radius 3 is 2.75 bits per heavy atom. The first-order chi connectivity index (χ1) is 13.2. The third-order valence-corrected chi connectivity index (χ3v) is 5.35. The van der Waals surface area contributed by atoms with Gasteiger partial charge in [-0.1, -0.05) is 6.07 Å². The van der Waals surface area contributed by atoms with E-state index in [1.54, 1.807) is 25.3 Å². The fourth-order valence-electron chi connectivity index (χ4n) is 4.18. The van der Waals surface area contributed by atoms with Crippen LogP contribution >= 0.6 is 0 Å². The molecule has 2 aliphatic rings. The lowest BCUT2D eigenvalue weighted by Crippen LogP contribution is -2.39. The van der Waals surface area contributed by atoms with Crippen LogP contribution < -0.4 is 5.32 Å². The van der Waals surface area contributed by atoms with Crippen LogP contribution in [0.25, 0.3) is 0 Å². The quantitative estimate of drug-likeness (QED) is 0.792. The molecule has 5 unspecified atom stereocenters. The second-order valence-corrected chi connectivity index (χ2v) is 7.24. The van der Waals surface area contributed by atoms with Gasteiger partial charge in [0.15, 0.2) is 0 Å². The number of carbonyl (C=O) groups excluding carboxylic acids is 1. The van der Waals surface area contributed by atoms with E-state index in [9.17, 15) is 22.4 Å². The summed E-state index contributed by atoms with van der Waals surface area (Å²) in [4.78, 5) is 17.1. The number of halogens is 4. The molecule has 2 fully saturated rings. The average Bonchev–Trinajstić information content (AvgIpc) is 3.18. The number of aryl methyl sites for hydroxylation is 1. The Balaban J connectivity index is 1.61. The predicted molar refractivity (Wildman–Crippen MR) is 93.5 cm³/mol. The van der Waals surface area contributed by atoms with Crippen molar-refractivity contribution in [2.45, 2.75) is 43.8 Å². The molecule has 148 valence electrons. The lowest BCUT2D eigenvalue weighted by molar-refractivity contribution is -0.137. The van der Waals surface area contributed by atoms with Gasteiger partial charge in [-0.15, -0.1) is 0 Å². The highest BCUT2D eigenvalue weighted by molar-refractivity contribution is 5.94. The fraction of sp³-hybridized carbons (Fsp3) is 0.400. The summed E-state index contributed by atoms with van der Waals surface area (Å²) in [5.41, 5.74) is 0.669. The molecule has 28 heavy (non-hydrogen) atoms. The minimum Gasteiger partial charge on any atom is -0.370 e. The fourth-order valence-corrected chi connectivity index (χ4v) is 4.18. The van der Waals surface area contributed by atoms with Gasteiger partial charge in [0.05, 0.1) is 23.7 Å². The number of rotatable bonds is 3. The van der Waals surface area contributed by atoms with Crippen molar-refractivity contribution in [2.24, 2.45) is 5.92 Å². The second kappa shape index (κ2) is 6.84. The summed E-state index contributed by atoms with van der Waals surface area (Å²) in [7, 11) is 0. The van der Waals surface area contributed by atoms with Crippen molar-refractivity contribution in [3.63, 3.8) is 0 Å². The molecule has 3 heterocycles. The number of alkyl halides is 4. The van der Waals surface area contributed by atoms with Gasteiger partial charge in [-0.2, -0.15) is 13.2 Å². The first-order valence-electron chi connectivity index (χ1n) is 8.94. The van der Waals surface area contributed by atoms with Crippen molar-refractivity contribution < 1.29 is 27.1 Å². The van der Waals surface area contributed by atoms with Crippen molar-refractivity contribution in [1.29, 1.82) is 0 Å². The van der Waals surface area contributed by atoms with Crippen LogP contribution in [0.3, 0.4) is 0 Å². The number of hydrogen-bond acceptors (Lipinski definition) is 3. The largest absolute Gasteiger partial charge is 0.416 e.